The smallest absolute Gasteiger partial charge is 0.275 e. The fraction of sp³-hybridized carbons (Fsp3) is 0.240. The highest BCUT2D eigenvalue weighted by Crippen LogP contribution is 2.52. The Hall–Kier alpha value is -3.47. The Morgan fingerprint density at radius 3 is 2.53 bits per heavy atom. The molecule has 1 N–H and O–H groups in total. The second-order valence-corrected chi connectivity index (χ2v) is 8.94. The van der Waals surface area contributed by atoms with E-state index >= 15 is 0 Å². The molecule has 0 amide bonds. The van der Waals surface area contributed by atoms with Gasteiger partial charge in [0.1, 0.15) is 0 Å². The Morgan fingerprint density at radius 2 is 1.73 bits per heavy atom. The number of anilines is 1. The Labute approximate surface area is 174 Å². The molecular formula is C25H22N2O3. The van der Waals surface area contributed by atoms with E-state index in [9.17, 15) is 14.9 Å². The van der Waals surface area contributed by atoms with Gasteiger partial charge in [-0.15, -0.1) is 0 Å². The molecule has 5 nitrogen and oxygen atoms in total. The topological polar surface area (TPSA) is 72.2 Å². The van der Waals surface area contributed by atoms with Crippen molar-refractivity contribution in [1.82, 2.24) is 0 Å². The van der Waals surface area contributed by atoms with Crippen LogP contribution in [0, 0.1) is 15.5 Å². The predicted octanol–water partition coefficient (Wildman–Crippen LogP) is 6.06. The van der Waals surface area contributed by atoms with E-state index in [1.807, 2.05) is 18.2 Å². The minimum Gasteiger partial charge on any atom is -0.373 e. The number of hydrogen-bond acceptors (Lipinski definition) is 4. The van der Waals surface area contributed by atoms with Crippen LogP contribution < -0.4 is 5.32 Å². The van der Waals surface area contributed by atoms with E-state index in [1.54, 1.807) is 18.2 Å². The zero-order chi connectivity index (χ0) is 21.0. The van der Waals surface area contributed by atoms with Gasteiger partial charge in [0.15, 0.2) is 5.78 Å². The molecular weight excluding hydrogens is 376 g/mol. The van der Waals surface area contributed by atoms with Crippen molar-refractivity contribution >= 4 is 33.5 Å². The molecule has 0 bridgehead atoms. The fourth-order valence-electron chi connectivity index (χ4n) is 4.97. The molecule has 150 valence electrons. The summed E-state index contributed by atoms with van der Waals surface area (Å²) < 4.78 is 0. The predicted molar refractivity (Wildman–Crippen MR) is 118 cm³/mol. The molecule has 5 rings (SSSR count). The minimum absolute atomic E-state index is 0.0312. The number of ketones is 1. The van der Waals surface area contributed by atoms with Gasteiger partial charge in [-0.1, -0.05) is 56.3 Å². The standard InChI is InChI=1S/C25H22N2O3/c1-25(2)13-18-22-16-8-4-3-7-15(16)11-12-19(22)26-24(23(18)21(28)14-25)17-9-5-6-10-20(17)27(29)30/h3-12,24,26H,13-14H2,1-2H3/t24-/m0/s1. The van der Waals surface area contributed by atoms with Gasteiger partial charge in [-0.05, 0) is 40.3 Å². The Bertz CT molecular complexity index is 1260. The van der Waals surface area contributed by atoms with Crippen LogP contribution >= 0.6 is 0 Å². The van der Waals surface area contributed by atoms with Crippen LogP contribution in [0.2, 0.25) is 0 Å². The average Bonchev–Trinajstić information content (AvgIpc) is 2.71. The number of fused-ring (bicyclic) bond motifs is 4. The molecule has 0 unspecified atom stereocenters. The van der Waals surface area contributed by atoms with E-state index in [1.165, 1.54) is 6.07 Å². The van der Waals surface area contributed by atoms with Gasteiger partial charge in [0, 0.05) is 29.3 Å². The van der Waals surface area contributed by atoms with Gasteiger partial charge in [-0.3, -0.25) is 14.9 Å². The van der Waals surface area contributed by atoms with Gasteiger partial charge in [-0.25, -0.2) is 0 Å². The van der Waals surface area contributed by atoms with Gasteiger partial charge >= 0.3 is 0 Å². The maximum atomic E-state index is 13.4. The first-order valence-electron chi connectivity index (χ1n) is 10.1. The first-order chi connectivity index (χ1) is 14.4. The molecule has 30 heavy (non-hydrogen) atoms. The van der Waals surface area contributed by atoms with E-state index in [0.717, 1.165) is 34.0 Å². The SMILES string of the molecule is CC1(C)CC(=O)C2=C(C1)c1c(ccc3ccccc13)N[C@H]2c1ccccc1[N+](=O)[O-]. The first kappa shape index (κ1) is 18.6. The minimum atomic E-state index is -0.529. The zero-order valence-corrected chi connectivity index (χ0v) is 16.9. The number of nitrogens with one attached hydrogen (secondary N) is 1. The normalized spacial score (nSPS) is 19.8. The monoisotopic (exact) mass is 398 g/mol. The van der Waals surface area contributed by atoms with Crippen molar-refractivity contribution in [3.05, 3.63) is 87.5 Å². The van der Waals surface area contributed by atoms with Gasteiger partial charge in [0.25, 0.3) is 5.69 Å². The van der Waals surface area contributed by atoms with Crippen molar-refractivity contribution in [3.8, 4) is 0 Å². The molecule has 3 aromatic carbocycles. The van der Waals surface area contributed by atoms with Crippen LogP contribution in [-0.2, 0) is 4.79 Å². The van der Waals surface area contributed by atoms with Crippen molar-refractivity contribution < 1.29 is 9.72 Å². The molecule has 1 aliphatic carbocycles. The van der Waals surface area contributed by atoms with E-state index in [0.29, 0.717) is 17.6 Å². The molecule has 3 aromatic rings. The first-order valence-corrected chi connectivity index (χ1v) is 10.1. The fourth-order valence-corrected chi connectivity index (χ4v) is 4.97. The lowest BCUT2D eigenvalue weighted by Crippen LogP contribution is -2.33. The summed E-state index contributed by atoms with van der Waals surface area (Å²) in [6, 6.07) is 18.4. The number of carbonyl (C=O) groups is 1. The van der Waals surface area contributed by atoms with E-state index in [-0.39, 0.29) is 21.8 Å². The molecule has 1 heterocycles. The van der Waals surface area contributed by atoms with Crippen LogP contribution in [0.4, 0.5) is 11.4 Å². The third-order valence-corrected chi connectivity index (χ3v) is 6.18. The summed E-state index contributed by atoms with van der Waals surface area (Å²) in [6.45, 7) is 4.23. The lowest BCUT2D eigenvalue weighted by molar-refractivity contribution is -0.385. The largest absolute Gasteiger partial charge is 0.373 e. The van der Waals surface area contributed by atoms with Gasteiger partial charge in [0.05, 0.1) is 16.5 Å². The van der Waals surface area contributed by atoms with Crippen LogP contribution in [0.15, 0.2) is 66.2 Å². The number of allylic oxidation sites excluding steroid dienone is 1. The Balaban J connectivity index is 1.82. The molecule has 0 fully saturated rings. The van der Waals surface area contributed by atoms with Gasteiger partial charge in [0.2, 0.25) is 0 Å². The highest BCUT2D eigenvalue weighted by Gasteiger charge is 2.42. The van der Waals surface area contributed by atoms with Crippen molar-refractivity contribution in [3.63, 3.8) is 0 Å². The van der Waals surface area contributed by atoms with Gasteiger partial charge < -0.3 is 5.32 Å². The number of benzene rings is 3. The lowest BCUT2D eigenvalue weighted by atomic mass is 9.67. The molecule has 0 aromatic heterocycles. The molecule has 5 heteroatoms. The molecule has 0 spiro atoms. The lowest BCUT2D eigenvalue weighted by Gasteiger charge is -2.40. The third kappa shape index (κ3) is 2.81. The second kappa shape index (κ2) is 6.52. The highest BCUT2D eigenvalue weighted by molar-refractivity contribution is 6.13. The van der Waals surface area contributed by atoms with Crippen LogP contribution in [0.1, 0.15) is 43.9 Å². The number of para-hydroxylation sites is 1. The molecule has 1 aliphatic heterocycles. The quantitative estimate of drug-likeness (QED) is 0.421. The number of nitro groups is 1. The van der Waals surface area contributed by atoms with Gasteiger partial charge in [-0.2, -0.15) is 0 Å². The second-order valence-electron chi connectivity index (χ2n) is 8.94. The molecule has 1 atom stereocenters. The summed E-state index contributed by atoms with van der Waals surface area (Å²) in [7, 11) is 0. The summed E-state index contributed by atoms with van der Waals surface area (Å²) in [5.41, 5.74) is 4.07. The number of Topliss-reactive ketones (excluding diaryl/α,β-unsaturated/α-hetero) is 1. The van der Waals surface area contributed by atoms with Crippen molar-refractivity contribution in [2.24, 2.45) is 5.41 Å². The summed E-state index contributed by atoms with van der Waals surface area (Å²) in [5.74, 6) is 0.0653. The molecule has 0 saturated carbocycles. The van der Waals surface area contributed by atoms with E-state index in [4.69, 9.17) is 0 Å². The summed E-state index contributed by atoms with van der Waals surface area (Å²) in [4.78, 5) is 24.7. The van der Waals surface area contributed by atoms with Crippen LogP contribution in [0.25, 0.3) is 16.3 Å². The van der Waals surface area contributed by atoms with Crippen LogP contribution in [0.5, 0.6) is 0 Å². The Morgan fingerprint density at radius 1 is 1.00 bits per heavy atom. The highest BCUT2D eigenvalue weighted by atomic mass is 16.6. The van der Waals surface area contributed by atoms with Crippen LogP contribution in [-0.4, -0.2) is 10.7 Å². The molecule has 0 saturated heterocycles. The summed E-state index contributed by atoms with van der Waals surface area (Å²) >= 11 is 0. The van der Waals surface area contributed by atoms with Crippen molar-refractivity contribution in [1.29, 1.82) is 0 Å². The van der Waals surface area contributed by atoms with Crippen LogP contribution in [0.3, 0.4) is 0 Å². The van der Waals surface area contributed by atoms with Crippen molar-refractivity contribution in [2.75, 3.05) is 5.32 Å². The summed E-state index contributed by atoms with van der Waals surface area (Å²) in [6.07, 6.45) is 1.19. The number of nitrogens with zero attached hydrogens (tertiary/aromatic N) is 1. The maximum absolute atomic E-state index is 13.4. The molecule has 0 radical (unpaired) electrons. The Kier molecular flexibility index (Phi) is 4.03. The number of rotatable bonds is 2. The number of nitro benzene ring substituents is 1. The number of hydrogen-bond donors (Lipinski definition) is 1. The molecule has 2 aliphatic rings. The van der Waals surface area contributed by atoms with E-state index in [2.05, 4.69) is 37.4 Å². The maximum Gasteiger partial charge on any atom is 0.275 e. The van der Waals surface area contributed by atoms with E-state index < -0.39 is 6.04 Å². The number of carbonyl (C=O) groups excluding carboxylic acids is 1. The third-order valence-electron chi connectivity index (χ3n) is 6.18. The zero-order valence-electron chi connectivity index (χ0n) is 16.9. The summed E-state index contributed by atoms with van der Waals surface area (Å²) in [5, 5.41) is 17.4. The average molecular weight is 398 g/mol. The van der Waals surface area contributed by atoms with Crippen molar-refractivity contribution in [2.45, 2.75) is 32.7 Å².